The lowest BCUT2D eigenvalue weighted by Gasteiger charge is -2.29. The normalized spacial score (nSPS) is 17.8. The van der Waals surface area contributed by atoms with Gasteiger partial charge in [0.05, 0.1) is 30.6 Å². The summed E-state index contributed by atoms with van der Waals surface area (Å²) in [5, 5.41) is 1.91. The Morgan fingerprint density at radius 3 is 2.36 bits per heavy atom. The monoisotopic (exact) mass is 398 g/mol. The van der Waals surface area contributed by atoms with E-state index in [1.165, 1.54) is 16.2 Å². The molecule has 3 heterocycles. The highest BCUT2D eigenvalue weighted by molar-refractivity contribution is 7.11. The van der Waals surface area contributed by atoms with Gasteiger partial charge in [-0.2, -0.15) is 0 Å². The van der Waals surface area contributed by atoms with Gasteiger partial charge in [0.2, 0.25) is 0 Å². The van der Waals surface area contributed by atoms with Gasteiger partial charge in [-0.25, -0.2) is 4.90 Å². The molecule has 6 nitrogen and oxygen atoms in total. The molecule has 28 heavy (non-hydrogen) atoms. The Kier molecular flexibility index (Phi) is 5.19. The van der Waals surface area contributed by atoms with Gasteiger partial charge in [-0.05, 0) is 49.6 Å². The summed E-state index contributed by atoms with van der Waals surface area (Å²) in [6, 6.07) is 10.8. The second kappa shape index (κ2) is 7.77. The standard InChI is InChI=1S/C21H22N2O4S/c1-14(2)27-16-7-5-15(6-8-16)23-20(24)18(17-4-3-13-28-17)19(21(23)25)22-9-11-26-12-10-22/h3-8,13-14H,9-12H2,1-2H3. The predicted molar refractivity (Wildman–Crippen MR) is 108 cm³/mol. The fourth-order valence-electron chi connectivity index (χ4n) is 3.42. The maximum absolute atomic E-state index is 13.3. The Bertz CT molecular complexity index is 897. The number of rotatable bonds is 5. The minimum Gasteiger partial charge on any atom is -0.491 e. The van der Waals surface area contributed by atoms with Gasteiger partial charge in [-0.15, -0.1) is 11.3 Å². The Hall–Kier alpha value is -2.64. The number of morpholine rings is 1. The molecule has 2 amide bonds. The first kappa shape index (κ1) is 18.7. The molecule has 0 atom stereocenters. The van der Waals surface area contributed by atoms with Gasteiger partial charge in [-0.3, -0.25) is 9.59 Å². The first-order valence-corrected chi connectivity index (χ1v) is 10.2. The van der Waals surface area contributed by atoms with E-state index in [0.29, 0.717) is 49.0 Å². The van der Waals surface area contributed by atoms with Crippen LogP contribution in [0.5, 0.6) is 5.75 Å². The van der Waals surface area contributed by atoms with Crippen LogP contribution in [0.3, 0.4) is 0 Å². The summed E-state index contributed by atoms with van der Waals surface area (Å²) in [4.78, 5) is 30.7. The third-order valence-corrected chi connectivity index (χ3v) is 5.51. The molecule has 1 aromatic heterocycles. The van der Waals surface area contributed by atoms with E-state index < -0.39 is 0 Å². The lowest BCUT2D eigenvalue weighted by molar-refractivity contribution is -0.121. The summed E-state index contributed by atoms with van der Waals surface area (Å²) < 4.78 is 11.1. The van der Waals surface area contributed by atoms with Crippen molar-refractivity contribution >= 4 is 34.4 Å². The average Bonchev–Trinajstić information content (AvgIpc) is 3.29. The number of carbonyl (C=O) groups excluding carboxylic acids is 2. The van der Waals surface area contributed by atoms with Crippen molar-refractivity contribution in [2.75, 3.05) is 31.2 Å². The zero-order valence-corrected chi connectivity index (χ0v) is 16.7. The Balaban J connectivity index is 1.70. The van der Waals surface area contributed by atoms with E-state index in [1.54, 1.807) is 24.3 Å². The molecule has 1 fully saturated rings. The average molecular weight is 398 g/mol. The van der Waals surface area contributed by atoms with Crippen LogP contribution in [0.15, 0.2) is 47.5 Å². The van der Waals surface area contributed by atoms with Crippen molar-refractivity contribution in [1.82, 2.24) is 4.90 Å². The number of imide groups is 1. The highest BCUT2D eigenvalue weighted by atomic mass is 32.1. The molecule has 0 radical (unpaired) electrons. The molecule has 0 N–H and O–H groups in total. The number of thiophene rings is 1. The number of ether oxygens (including phenoxy) is 2. The van der Waals surface area contributed by atoms with E-state index in [1.807, 2.05) is 36.3 Å². The summed E-state index contributed by atoms with van der Waals surface area (Å²) >= 11 is 1.46. The largest absolute Gasteiger partial charge is 0.491 e. The number of benzene rings is 1. The van der Waals surface area contributed by atoms with Gasteiger partial charge in [0.1, 0.15) is 11.4 Å². The summed E-state index contributed by atoms with van der Waals surface area (Å²) in [5.74, 6) is 0.136. The molecule has 2 aliphatic heterocycles. The first-order chi connectivity index (χ1) is 13.6. The summed E-state index contributed by atoms with van der Waals surface area (Å²) in [5.41, 5.74) is 1.49. The molecule has 4 rings (SSSR count). The summed E-state index contributed by atoms with van der Waals surface area (Å²) in [6.07, 6.45) is 0.0564. The van der Waals surface area contributed by atoms with Gasteiger partial charge < -0.3 is 14.4 Å². The molecule has 146 valence electrons. The van der Waals surface area contributed by atoms with Crippen LogP contribution in [0, 0.1) is 0 Å². The van der Waals surface area contributed by atoms with Crippen molar-refractivity contribution < 1.29 is 19.1 Å². The number of carbonyl (C=O) groups is 2. The van der Waals surface area contributed by atoms with E-state index in [0.717, 1.165) is 4.88 Å². The summed E-state index contributed by atoms with van der Waals surface area (Å²) in [6.45, 7) is 6.19. The smallest absolute Gasteiger partial charge is 0.282 e. The maximum atomic E-state index is 13.3. The molecule has 1 saturated heterocycles. The van der Waals surface area contributed by atoms with Crippen molar-refractivity contribution in [2.24, 2.45) is 0 Å². The van der Waals surface area contributed by atoms with E-state index in [2.05, 4.69) is 0 Å². The van der Waals surface area contributed by atoms with Gasteiger partial charge in [-0.1, -0.05) is 6.07 Å². The van der Waals surface area contributed by atoms with E-state index >= 15 is 0 Å². The van der Waals surface area contributed by atoms with Gasteiger partial charge >= 0.3 is 0 Å². The number of hydrogen-bond acceptors (Lipinski definition) is 6. The third-order valence-electron chi connectivity index (χ3n) is 4.62. The quantitative estimate of drug-likeness (QED) is 0.724. The van der Waals surface area contributed by atoms with Crippen molar-refractivity contribution in [2.45, 2.75) is 20.0 Å². The molecule has 2 aliphatic rings. The Morgan fingerprint density at radius 2 is 1.75 bits per heavy atom. The lowest BCUT2D eigenvalue weighted by Crippen LogP contribution is -2.40. The van der Waals surface area contributed by atoms with E-state index in [4.69, 9.17) is 9.47 Å². The second-order valence-corrected chi connectivity index (χ2v) is 7.85. The molecule has 0 saturated carbocycles. The second-order valence-electron chi connectivity index (χ2n) is 6.91. The Morgan fingerprint density at radius 1 is 1.04 bits per heavy atom. The van der Waals surface area contributed by atoms with Crippen LogP contribution in [0.4, 0.5) is 5.69 Å². The number of amides is 2. The molecule has 0 bridgehead atoms. The van der Waals surface area contributed by atoms with Gasteiger partial charge in [0.25, 0.3) is 11.8 Å². The fourth-order valence-corrected chi connectivity index (χ4v) is 4.18. The topological polar surface area (TPSA) is 59.1 Å². The van der Waals surface area contributed by atoms with Crippen LogP contribution in [-0.2, 0) is 14.3 Å². The highest BCUT2D eigenvalue weighted by Crippen LogP contribution is 2.37. The molecule has 0 aliphatic carbocycles. The third kappa shape index (κ3) is 3.43. The Labute approximate surface area is 168 Å². The number of nitrogens with zero attached hydrogens (tertiary/aromatic N) is 2. The zero-order chi connectivity index (χ0) is 19.7. The van der Waals surface area contributed by atoms with E-state index in [9.17, 15) is 9.59 Å². The predicted octanol–water partition coefficient (Wildman–Crippen LogP) is 3.15. The SMILES string of the molecule is CC(C)Oc1ccc(N2C(=O)C(c3cccs3)=C(N3CCOCC3)C2=O)cc1. The highest BCUT2D eigenvalue weighted by Gasteiger charge is 2.43. The zero-order valence-electron chi connectivity index (χ0n) is 15.9. The minimum absolute atomic E-state index is 0.0564. The maximum Gasteiger partial charge on any atom is 0.282 e. The van der Waals surface area contributed by atoms with Crippen molar-refractivity contribution in [3.8, 4) is 5.75 Å². The fraction of sp³-hybridized carbons (Fsp3) is 0.333. The molecule has 1 aromatic carbocycles. The van der Waals surface area contributed by atoms with Crippen LogP contribution in [0.25, 0.3) is 5.57 Å². The molecular weight excluding hydrogens is 376 g/mol. The van der Waals surface area contributed by atoms with Crippen LogP contribution in [-0.4, -0.2) is 49.1 Å². The van der Waals surface area contributed by atoms with Crippen LogP contribution in [0.2, 0.25) is 0 Å². The van der Waals surface area contributed by atoms with Crippen molar-refractivity contribution in [3.63, 3.8) is 0 Å². The number of anilines is 1. The first-order valence-electron chi connectivity index (χ1n) is 9.32. The molecular formula is C21H22N2O4S. The van der Waals surface area contributed by atoms with Crippen LogP contribution >= 0.6 is 11.3 Å². The van der Waals surface area contributed by atoms with Gasteiger partial charge in [0.15, 0.2) is 0 Å². The minimum atomic E-state index is -0.286. The molecule has 7 heteroatoms. The molecule has 2 aromatic rings. The number of hydrogen-bond donors (Lipinski definition) is 0. The lowest BCUT2D eigenvalue weighted by atomic mass is 10.1. The van der Waals surface area contributed by atoms with Crippen LogP contribution < -0.4 is 9.64 Å². The van der Waals surface area contributed by atoms with Crippen molar-refractivity contribution in [1.29, 1.82) is 0 Å². The molecule has 0 unspecified atom stereocenters. The van der Waals surface area contributed by atoms with Crippen LogP contribution in [0.1, 0.15) is 18.7 Å². The van der Waals surface area contributed by atoms with E-state index in [-0.39, 0.29) is 17.9 Å². The van der Waals surface area contributed by atoms with Gasteiger partial charge in [0, 0.05) is 18.0 Å². The molecule has 0 spiro atoms. The summed E-state index contributed by atoms with van der Waals surface area (Å²) in [7, 11) is 0. The van der Waals surface area contributed by atoms with Crippen molar-refractivity contribution in [3.05, 3.63) is 52.4 Å².